The topological polar surface area (TPSA) is 75.5 Å². The van der Waals surface area contributed by atoms with Crippen molar-refractivity contribution in [2.75, 3.05) is 13.2 Å². The fraction of sp³-hybridized carbons (Fsp3) is 0.286. The lowest BCUT2D eigenvalue weighted by Gasteiger charge is -2.37. The number of hydrogen-bond acceptors (Lipinski definition) is 6. The van der Waals surface area contributed by atoms with E-state index in [0.717, 1.165) is 36.1 Å². The molecule has 0 bridgehead atoms. The van der Waals surface area contributed by atoms with Gasteiger partial charge < -0.3 is 18.8 Å². The van der Waals surface area contributed by atoms with Crippen LogP contribution in [0.3, 0.4) is 0 Å². The molecular formula is C35H31ClF3N3O4. The van der Waals surface area contributed by atoms with E-state index in [4.69, 9.17) is 30.8 Å². The van der Waals surface area contributed by atoms with Crippen molar-refractivity contribution < 1.29 is 27.4 Å². The first-order chi connectivity index (χ1) is 22.0. The molecule has 1 fully saturated rings. The highest BCUT2D eigenvalue weighted by molar-refractivity contribution is 6.28. The molecule has 0 aliphatic carbocycles. The van der Waals surface area contributed by atoms with Gasteiger partial charge in [0.2, 0.25) is 5.28 Å². The highest BCUT2D eigenvalue weighted by atomic mass is 35.5. The number of ether oxygens (including phenoxy) is 3. The third kappa shape index (κ3) is 6.51. The van der Waals surface area contributed by atoms with Crippen molar-refractivity contribution in [2.24, 2.45) is 7.05 Å². The minimum atomic E-state index is -4.51. The molecular weight excluding hydrogens is 619 g/mol. The number of benzene rings is 3. The quantitative estimate of drug-likeness (QED) is 0.160. The molecule has 0 saturated carbocycles. The molecule has 5 aromatic rings. The first-order valence-electron chi connectivity index (χ1n) is 14.8. The van der Waals surface area contributed by atoms with Crippen LogP contribution in [0.25, 0.3) is 22.0 Å². The van der Waals surface area contributed by atoms with Crippen LogP contribution in [0.1, 0.15) is 41.6 Å². The van der Waals surface area contributed by atoms with E-state index >= 15 is 0 Å². The van der Waals surface area contributed by atoms with Gasteiger partial charge in [-0.2, -0.15) is 13.2 Å². The fourth-order valence-electron chi connectivity index (χ4n) is 5.72. The second kappa shape index (κ2) is 12.9. The molecule has 3 aromatic carbocycles. The molecule has 0 spiro atoms. The van der Waals surface area contributed by atoms with Crippen LogP contribution >= 0.6 is 11.6 Å². The molecule has 7 nitrogen and oxygen atoms in total. The predicted molar refractivity (Wildman–Crippen MR) is 169 cm³/mol. The normalized spacial score (nSPS) is 16.7. The maximum Gasteiger partial charge on any atom is 0.416 e. The van der Waals surface area contributed by atoms with Gasteiger partial charge in [0, 0.05) is 36.4 Å². The summed E-state index contributed by atoms with van der Waals surface area (Å²) in [5, 5.41) is 0.538. The molecule has 11 heteroatoms. The van der Waals surface area contributed by atoms with Crippen LogP contribution in [0, 0.1) is 6.92 Å². The molecule has 1 aliphatic rings. The van der Waals surface area contributed by atoms with Crippen LogP contribution < -0.4 is 10.3 Å². The Morgan fingerprint density at radius 1 is 0.957 bits per heavy atom. The van der Waals surface area contributed by atoms with Crippen molar-refractivity contribution in [3.05, 3.63) is 123 Å². The number of fused-ring (bicyclic) bond motifs is 1. The SMILES string of the molecule is Cc1cc(-c2ccc3nc(Cl)nc(C(COC4CCCCO4)(Oc4ccc(C(F)(F)F)cc4)c4ccccc4)c3c2)cn(C)c1=O. The van der Waals surface area contributed by atoms with Gasteiger partial charge in [0.05, 0.1) is 17.7 Å². The van der Waals surface area contributed by atoms with Gasteiger partial charge in [-0.25, -0.2) is 9.97 Å². The molecule has 0 radical (unpaired) electrons. The summed E-state index contributed by atoms with van der Waals surface area (Å²) in [6.07, 6.45) is -0.756. The lowest BCUT2D eigenvalue weighted by atomic mass is 9.87. The first kappa shape index (κ1) is 31.7. The average molecular weight is 650 g/mol. The molecule has 3 heterocycles. The Kier molecular flexibility index (Phi) is 8.87. The number of hydrogen-bond donors (Lipinski definition) is 0. The maximum absolute atomic E-state index is 13.5. The average Bonchev–Trinajstić information content (AvgIpc) is 3.05. The van der Waals surface area contributed by atoms with Crippen molar-refractivity contribution in [1.82, 2.24) is 14.5 Å². The van der Waals surface area contributed by atoms with Crippen LogP contribution in [0.15, 0.2) is 89.9 Å². The number of aromatic nitrogens is 3. The summed E-state index contributed by atoms with van der Waals surface area (Å²) in [5.74, 6) is 0.165. The van der Waals surface area contributed by atoms with E-state index in [1.165, 1.54) is 16.7 Å². The molecule has 0 amide bonds. The van der Waals surface area contributed by atoms with E-state index in [1.807, 2.05) is 48.5 Å². The van der Waals surface area contributed by atoms with E-state index in [-0.39, 0.29) is 23.2 Å². The Morgan fingerprint density at radius 3 is 2.39 bits per heavy atom. The highest BCUT2D eigenvalue weighted by Gasteiger charge is 2.42. The van der Waals surface area contributed by atoms with Gasteiger partial charge in [0.1, 0.15) is 11.4 Å². The summed E-state index contributed by atoms with van der Waals surface area (Å²) in [5.41, 5.74) is 1.25. The molecule has 6 rings (SSSR count). The van der Waals surface area contributed by atoms with Gasteiger partial charge >= 0.3 is 6.18 Å². The minimum Gasteiger partial charge on any atom is -0.474 e. The monoisotopic (exact) mass is 649 g/mol. The van der Waals surface area contributed by atoms with Gasteiger partial charge in [-0.3, -0.25) is 4.79 Å². The number of alkyl halides is 3. The number of halogens is 4. The summed E-state index contributed by atoms with van der Waals surface area (Å²) in [6, 6.07) is 21.1. The van der Waals surface area contributed by atoms with E-state index in [2.05, 4.69) is 4.98 Å². The van der Waals surface area contributed by atoms with Gasteiger partial charge in [0.25, 0.3) is 5.56 Å². The van der Waals surface area contributed by atoms with Crippen molar-refractivity contribution in [1.29, 1.82) is 0 Å². The Balaban J connectivity index is 1.58. The Morgan fingerprint density at radius 2 is 1.72 bits per heavy atom. The molecule has 1 saturated heterocycles. The summed E-state index contributed by atoms with van der Waals surface area (Å²) >= 11 is 6.55. The number of pyridine rings is 1. The Bertz CT molecular complexity index is 1880. The summed E-state index contributed by atoms with van der Waals surface area (Å²) in [6.45, 7) is 2.20. The number of aryl methyl sites for hydroxylation is 2. The van der Waals surface area contributed by atoms with Gasteiger partial charge in [-0.15, -0.1) is 0 Å². The van der Waals surface area contributed by atoms with Crippen molar-refractivity contribution in [2.45, 2.75) is 44.3 Å². The second-order valence-electron chi connectivity index (χ2n) is 11.3. The van der Waals surface area contributed by atoms with Crippen LogP contribution in [-0.2, 0) is 28.3 Å². The van der Waals surface area contributed by atoms with Crippen molar-refractivity contribution in [3.63, 3.8) is 0 Å². The third-order valence-corrected chi connectivity index (χ3v) is 8.24. The molecule has 0 N–H and O–H groups in total. The van der Waals surface area contributed by atoms with E-state index in [1.54, 1.807) is 26.2 Å². The highest BCUT2D eigenvalue weighted by Crippen LogP contribution is 2.41. The second-order valence-corrected chi connectivity index (χ2v) is 11.7. The first-order valence-corrected chi connectivity index (χ1v) is 15.2. The zero-order chi connectivity index (χ0) is 32.5. The summed E-state index contributed by atoms with van der Waals surface area (Å²) in [4.78, 5) is 21.6. The van der Waals surface area contributed by atoms with Crippen LogP contribution in [0.4, 0.5) is 13.2 Å². The predicted octanol–water partition coefficient (Wildman–Crippen LogP) is 7.84. The zero-order valence-corrected chi connectivity index (χ0v) is 25.9. The summed E-state index contributed by atoms with van der Waals surface area (Å²) < 4.78 is 60.9. The van der Waals surface area contributed by atoms with Crippen molar-refractivity contribution in [3.8, 4) is 16.9 Å². The molecule has 2 unspecified atom stereocenters. The van der Waals surface area contributed by atoms with E-state index < -0.39 is 23.6 Å². The van der Waals surface area contributed by atoms with Crippen molar-refractivity contribution >= 4 is 22.5 Å². The van der Waals surface area contributed by atoms with Gasteiger partial charge in [-0.1, -0.05) is 36.4 Å². The van der Waals surface area contributed by atoms with Gasteiger partial charge in [0.15, 0.2) is 11.9 Å². The molecule has 238 valence electrons. The number of nitrogens with zero attached hydrogens (tertiary/aromatic N) is 3. The fourth-order valence-corrected chi connectivity index (χ4v) is 5.90. The molecule has 1 aliphatic heterocycles. The minimum absolute atomic E-state index is 0.0431. The van der Waals surface area contributed by atoms with Crippen LogP contribution in [-0.4, -0.2) is 34.0 Å². The maximum atomic E-state index is 13.5. The molecule has 2 atom stereocenters. The standard InChI is InChI=1S/C35H31ClF3N3O4/c1-22-18-24(20-42(2)32(22)43)23-11-16-29-28(19-23)31(41-33(36)40-29)34(25-8-4-3-5-9-25,21-45-30-10-6-7-17-44-30)46-27-14-12-26(13-15-27)35(37,38)39/h3-5,8-9,11-16,18-20,30H,6-7,10,17,21H2,1-2H3. The lowest BCUT2D eigenvalue weighted by Crippen LogP contribution is -2.42. The van der Waals surface area contributed by atoms with E-state index in [9.17, 15) is 18.0 Å². The molecule has 46 heavy (non-hydrogen) atoms. The lowest BCUT2D eigenvalue weighted by molar-refractivity contribution is -0.183. The third-order valence-electron chi connectivity index (χ3n) is 8.07. The zero-order valence-electron chi connectivity index (χ0n) is 25.2. The largest absolute Gasteiger partial charge is 0.474 e. The van der Waals surface area contributed by atoms with Crippen LogP contribution in [0.5, 0.6) is 5.75 Å². The Labute approximate surface area is 268 Å². The van der Waals surface area contributed by atoms with Gasteiger partial charge in [-0.05, 0) is 91.4 Å². The van der Waals surface area contributed by atoms with E-state index in [0.29, 0.717) is 40.8 Å². The Hall–Kier alpha value is -4.25. The van der Waals surface area contributed by atoms with Crippen LogP contribution in [0.2, 0.25) is 5.28 Å². The smallest absolute Gasteiger partial charge is 0.416 e. The summed E-state index contributed by atoms with van der Waals surface area (Å²) in [7, 11) is 1.69. The molecule has 2 aromatic heterocycles. The number of rotatable bonds is 8.